The Labute approximate surface area is 183 Å². The number of nitrogens with zero attached hydrogens (tertiary/aromatic N) is 5. The van der Waals surface area contributed by atoms with Gasteiger partial charge in [-0.05, 0) is 49.6 Å². The van der Waals surface area contributed by atoms with Gasteiger partial charge in [-0.3, -0.25) is 9.20 Å². The summed E-state index contributed by atoms with van der Waals surface area (Å²) in [6.07, 6.45) is 4.43. The van der Waals surface area contributed by atoms with Crippen LogP contribution in [0.25, 0.3) is 5.65 Å². The molecular weight excluding hydrogens is 416 g/mol. The van der Waals surface area contributed by atoms with Crippen molar-refractivity contribution in [3.8, 4) is 0 Å². The molecule has 0 radical (unpaired) electrons. The first kappa shape index (κ1) is 20.7. The fraction of sp³-hybridized carbons (Fsp3) is 0.435. The van der Waals surface area contributed by atoms with Gasteiger partial charge in [0.25, 0.3) is 11.8 Å². The molecule has 7 nitrogen and oxygen atoms in total. The quantitative estimate of drug-likeness (QED) is 0.621. The van der Waals surface area contributed by atoms with Crippen molar-refractivity contribution in [2.45, 2.75) is 44.1 Å². The zero-order valence-corrected chi connectivity index (χ0v) is 17.9. The van der Waals surface area contributed by atoms with Crippen molar-refractivity contribution in [3.63, 3.8) is 0 Å². The number of alkyl halides is 2. The SMILES string of the molecule is Cn1nc2cc(N(c3ccc(C(=O)N4CCC(F)(F)CC4)cc3)C3CCC3)ccn2c1=O. The van der Waals surface area contributed by atoms with E-state index in [-0.39, 0.29) is 37.5 Å². The molecule has 3 aromatic rings. The molecule has 2 aromatic heterocycles. The van der Waals surface area contributed by atoms with Crippen LogP contribution in [0.1, 0.15) is 42.5 Å². The smallest absolute Gasteiger partial charge is 0.338 e. The van der Waals surface area contributed by atoms with E-state index in [1.165, 1.54) is 14.0 Å². The van der Waals surface area contributed by atoms with Crippen LogP contribution in [0.3, 0.4) is 0 Å². The lowest BCUT2D eigenvalue weighted by molar-refractivity contribution is -0.0494. The van der Waals surface area contributed by atoms with Crippen molar-refractivity contribution < 1.29 is 13.6 Å². The van der Waals surface area contributed by atoms with Crippen LogP contribution in [-0.4, -0.2) is 50.0 Å². The van der Waals surface area contributed by atoms with E-state index in [1.807, 2.05) is 24.3 Å². The summed E-state index contributed by atoms with van der Waals surface area (Å²) in [6.45, 7) is 0.149. The highest BCUT2D eigenvalue weighted by atomic mass is 19.3. The first-order valence-electron chi connectivity index (χ1n) is 10.9. The summed E-state index contributed by atoms with van der Waals surface area (Å²) in [4.78, 5) is 28.6. The highest BCUT2D eigenvalue weighted by Crippen LogP contribution is 2.36. The number of pyridine rings is 1. The van der Waals surface area contributed by atoms with Crippen LogP contribution < -0.4 is 10.6 Å². The molecule has 1 saturated heterocycles. The number of halogens is 2. The van der Waals surface area contributed by atoms with Gasteiger partial charge in [0.05, 0.1) is 0 Å². The maximum absolute atomic E-state index is 13.4. The van der Waals surface area contributed by atoms with E-state index in [2.05, 4.69) is 10.00 Å². The number of benzene rings is 1. The van der Waals surface area contributed by atoms with Crippen molar-refractivity contribution in [1.82, 2.24) is 19.1 Å². The van der Waals surface area contributed by atoms with Crippen molar-refractivity contribution in [2.75, 3.05) is 18.0 Å². The predicted octanol–water partition coefficient (Wildman–Crippen LogP) is 3.59. The molecule has 1 aromatic carbocycles. The summed E-state index contributed by atoms with van der Waals surface area (Å²) in [7, 11) is 1.62. The van der Waals surface area contributed by atoms with Gasteiger partial charge in [-0.2, -0.15) is 5.10 Å². The fourth-order valence-electron chi connectivity index (χ4n) is 4.42. The number of carbonyl (C=O) groups is 1. The van der Waals surface area contributed by atoms with Crippen molar-refractivity contribution >= 4 is 22.9 Å². The molecule has 32 heavy (non-hydrogen) atoms. The molecule has 1 saturated carbocycles. The molecule has 5 rings (SSSR count). The second-order valence-corrected chi connectivity index (χ2v) is 8.67. The Hall–Kier alpha value is -3.23. The van der Waals surface area contributed by atoms with Gasteiger partial charge in [-0.25, -0.2) is 18.3 Å². The fourth-order valence-corrected chi connectivity index (χ4v) is 4.42. The molecule has 2 fully saturated rings. The largest absolute Gasteiger partial charge is 0.350 e. The van der Waals surface area contributed by atoms with Crippen molar-refractivity contribution in [2.24, 2.45) is 7.05 Å². The van der Waals surface area contributed by atoms with Crippen LogP contribution in [0.15, 0.2) is 47.4 Å². The third-order valence-electron chi connectivity index (χ3n) is 6.55. The van der Waals surface area contributed by atoms with Gasteiger partial charge in [-0.1, -0.05) is 0 Å². The molecule has 0 bridgehead atoms. The second-order valence-electron chi connectivity index (χ2n) is 8.67. The Bertz CT molecular complexity index is 1200. The standard InChI is InChI=1S/C23H25F2N5O2/c1-27-22(32)29-12-9-19(15-20(29)26-27)30(17-3-2-4-17)18-7-5-16(6-8-18)21(31)28-13-10-23(24,25)11-14-28/h5-9,12,15,17H,2-4,10-11,13-14H2,1H3. The van der Waals surface area contributed by atoms with Crippen LogP contribution in [-0.2, 0) is 7.05 Å². The average molecular weight is 441 g/mol. The summed E-state index contributed by atoms with van der Waals surface area (Å²) in [5.41, 5.74) is 2.76. The Morgan fingerprint density at radius 2 is 1.78 bits per heavy atom. The van der Waals surface area contributed by atoms with Crippen LogP contribution in [0.5, 0.6) is 0 Å². The van der Waals surface area contributed by atoms with Crippen LogP contribution in [0.2, 0.25) is 0 Å². The van der Waals surface area contributed by atoms with Crippen molar-refractivity contribution in [3.05, 3.63) is 58.6 Å². The van der Waals surface area contributed by atoms with E-state index in [9.17, 15) is 18.4 Å². The minimum atomic E-state index is -2.68. The summed E-state index contributed by atoms with van der Waals surface area (Å²) in [6, 6.07) is 11.5. The van der Waals surface area contributed by atoms with Crippen LogP contribution >= 0.6 is 0 Å². The predicted molar refractivity (Wildman–Crippen MR) is 117 cm³/mol. The topological polar surface area (TPSA) is 62.9 Å². The van der Waals surface area contributed by atoms with Gasteiger partial charge in [0.2, 0.25) is 0 Å². The molecule has 1 aliphatic carbocycles. The zero-order chi connectivity index (χ0) is 22.5. The van der Waals surface area contributed by atoms with E-state index in [1.54, 1.807) is 25.4 Å². The summed E-state index contributed by atoms with van der Waals surface area (Å²) in [5, 5.41) is 4.29. The highest BCUT2D eigenvalue weighted by Gasteiger charge is 2.36. The molecule has 0 unspecified atom stereocenters. The summed E-state index contributed by atoms with van der Waals surface area (Å²) in [5.74, 6) is -2.89. The van der Waals surface area contributed by atoms with Gasteiger partial charge < -0.3 is 9.80 Å². The number of piperidine rings is 1. The Morgan fingerprint density at radius 1 is 1.09 bits per heavy atom. The molecule has 0 N–H and O–H groups in total. The molecular formula is C23H25F2N5O2. The number of hydrogen-bond donors (Lipinski definition) is 0. The highest BCUT2D eigenvalue weighted by molar-refractivity contribution is 5.94. The van der Waals surface area contributed by atoms with Gasteiger partial charge in [-0.15, -0.1) is 0 Å². The number of carbonyl (C=O) groups excluding carboxylic acids is 1. The Kier molecular flexibility index (Phi) is 4.98. The molecule has 9 heteroatoms. The van der Waals surface area contributed by atoms with Gasteiger partial charge in [0.15, 0.2) is 5.65 Å². The van der Waals surface area contributed by atoms with E-state index >= 15 is 0 Å². The molecule has 1 aliphatic heterocycles. The minimum Gasteiger partial charge on any atom is -0.338 e. The second kappa shape index (κ2) is 7.72. The maximum atomic E-state index is 13.4. The number of anilines is 2. The average Bonchev–Trinajstić information content (AvgIpc) is 3.03. The van der Waals surface area contributed by atoms with Gasteiger partial charge in [0.1, 0.15) is 0 Å². The Morgan fingerprint density at radius 3 is 2.41 bits per heavy atom. The molecule has 0 spiro atoms. The van der Waals surface area contributed by atoms with E-state index in [0.717, 1.165) is 30.6 Å². The number of likely N-dealkylation sites (tertiary alicyclic amines) is 1. The van der Waals surface area contributed by atoms with E-state index in [4.69, 9.17) is 0 Å². The normalized spacial score (nSPS) is 18.5. The summed E-state index contributed by atoms with van der Waals surface area (Å²) < 4.78 is 29.6. The van der Waals surface area contributed by atoms with E-state index < -0.39 is 5.92 Å². The molecule has 168 valence electrons. The Balaban J connectivity index is 1.41. The monoisotopic (exact) mass is 441 g/mol. The number of hydrogen-bond acceptors (Lipinski definition) is 4. The minimum absolute atomic E-state index is 0.0746. The van der Waals surface area contributed by atoms with Gasteiger partial charge in [0, 0.05) is 68.2 Å². The molecule has 2 aliphatic rings. The van der Waals surface area contributed by atoms with Crippen LogP contribution in [0, 0.1) is 0 Å². The molecule has 3 heterocycles. The number of rotatable bonds is 4. The van der Waals surface area contributed by atoms with Crippen LogP contribution in [0.4, 0.5) is 20.2 Å². The number of aromatic nitrogens is 3. The number of amides is 1. The maximum Gasteiger partial charge on any atom is 0.350 e. The lowest BCUT2D eigenvalue weighted by Crippen LogP contribution is -2.42. The number of aryl methyl sites for hydroxylation is 1. The zero-order valence-electron chi connectivity index (χ0n) is 17.9. The third kappa shape index (κ3) is 3.65. The molecule has 0 atom stereocenters. The summed E-state index contributed by atoms with van der Waals surface area (Å²) >= 11 is 0. The third-order valence-corrected chi connectivity index (χ3v) is 6.55. The van der Waals surface area contributed by atoms with Crippen molar-refractivity contribution in [1.29, 1.82) is 0 Å². The molecule has 1 amide bonds. The number of fused-ring (bicyclic) bond motifs is 1. The first-order chi connectivity index (χ1) is 15.3. The van der Waals surface area contributed by atoms with Gasteiger partial charge >= 0.3 is 5.69 Å². The lowest BCUT2D eigenvalue weighted by atomic mass is 9.90. The lowest BCUT2D eigenvalue weighted by Gasteiger charge is -2.39. The van der Waals surface area contributed by atoms with E-state index in [0.29, 0.717) is 17.3 Å². The first-order valence-corrected chi connectivity index (χ1v) is 10.9.